The Hall–Kier alpha value is -2.01. The molecule has 0 amide bonds. The smallest absolute Gasteiger partial charge is 0.206 e. The van der Waals surface area contributed by atoms with Crippen LogP contribution in [0.1, 0.15) is 11.1 Å². The summed E-state index contributed by atoms with van der Waals surface area (Å²) in [5.74, 6) is -0.579. The van der Waals surface area contributed by atoms with Gasteiger partial charge in [0.05, 0.1) is 9.79 Å². The van der Waals surface area contributed by atoms with Crippen LogP contribution in [-0.2, 0) is 9.84 Å². The number of rotatable bonds is 2. The summed E-state index contributed by atoms with van der Waals surface area (Å²) in [5, 5.41) is 18.8. The van der Waals surface area contributed by atoms with Crippen LogP contribution in [0.2, 0.25) is 0 Å². The first-order valence-corrected chi connectivity index (χ1v) is 7.14. The Kier molecular flexibility index (Phi) is 3.24. The normalized spacial score (nSPS) is 11.5. The molecule has 0 aromatic heterocycles. The molecule has 0 saturated carbocycles. The Labute approximate surface area is 111 Å². The molecular weight excluding hydrogens is 264 g/mol. The molecule has 0 radical (unpaired) electrons. The molecule has 0 fully saturated rings. The van der Waals surface area contributed by atoms with Gasteiger partial charge in [0.1, 0.15) is 11.5 Å². The SMILES string of the molecule is Cc1ccc(S(=O)(=O)c2cc(O)cc(O)c2)cc1C. The molecule has 0 bridgehead atoms. The molecule has 2 aromatic carbocycles. The monoisotopic (exact) mass is 278 g/mol. The molecule has 0 spiro atoms. The highest BCUT2D eigenvalue weighted by molar-refractivity contribution is 7.91. The predicted octanol–water partition coefficient (Wildman–Crippen LogP) is 2.55. The molecule has 0 aliphatic rings. The van der Waals surface area contributed by atoms with E-state index in [1.165, 1.54) is 6.07 Å². The summed E-state index contributed by atoms with van der Waals surface area (Å²) in [4.78, 5) is 0.00820. The van der Waals surface area contributed by atoms with Gasteiger partial charge in [-0.05, 0) is 49.2 Å². The van der Waals surface area contributed by atoms with E-state index in [2.05, 4.69) is 0 Å². The maximum Gasteiger partial charge on any atom is 0.206 e. The maximum absolute atomic E-state index is 12.4. The lowest BCUT2D eigenvalue weighted by Gasteiger charge is -2.08. The fourth-order valence-electron chi connectivity index (χ4n) is 1.74. The van der Waals surface area contributed by atoms with Crippen molar-refractivity contribution in [2.24, 2.45) is 0 Å². The Morgan fingerprint density at radius 1 is 0.789 bits per heavy atom. The van der Waals surface area contributed by atoms with Crippen molar-refractivity contribution in [3.05, 3.63) is 47.5 Å². The minimum absolute atomic E-state index is 0.131. The highest BCUT2D eigenvalue weighted by atomic mass is 32.2. The van der Waals surface area contributed by atoms with E-state index in [1.54, 1.807) is 12.1 Å². The third-order valence-corrected chi connectivity index (χ3v) is 4.71. The van der Waals surface area contributed by atoms with Crippen LogP contribution in [0.3, 0.4) is 0 Å². The highest BCUT2D eigenvalue weighted by Gasteiger charge is 2.19. The molecule has 0 atom stereocenters. The fraction of sp³-hybridized carbons (Fsp3) is 0.143. The Bertz CT molecular complexity index is 713. The first-order chi connectivity index (χ1) is 8.80. The van der Waals surface area contributed by atoms with Crippen LogP contribution >= 0.6 is 0 Å². The number of aryl methyl sites for hydroxylation is 2. The summed E-state index contributed by atoms with van der Waals surface area (Å²) in [7, 11) is -3.74. The van der Waals surface area contributed by atoms with Gasteiger partial charge >= 0.3 is 0 Å². The van der Waals surface area contributed by atoms with Gasteiger partial charge in [-0.2, -0.15) is 0 Å². The van der Waals surface area contributed by atoms with Gasteiger partial charge in [-0.25, -0.2) is 8.42 Å². The van der Waals surface area contributed by atoms with E-state index >= 15 is 0 Å². The maximum atomic E-state index is 12.4. The van der Waals surface area contributed by atoms with Gasteiger partial charge in [-0.15, -0.1) is 0 Å². The molecule has 100 valence electrons. The van der Waals surface area contributed by atoms with Crippen molar-refractivity contribution >= 4 is 9.84 Å². The summed E-state index contributed by atoms with van der Waals surface area (Å²) < 4.78 is 24.8. The largest absolute Gasteiger partial charge is 0.508 e. The van der Waals surface area contributed by atoms with Gasteiger partial charge in [0, 0.05) is 6.07 Å². The van der Waals surface area contributed by atoms with Crippen LogP contribution in [0.15, 0.2) is 46.2 Å². The molecule has 2 aromatic rings. The molecule has 5 heteroatoms. The molecule has 2 N–H and O–H groups in total. The number of aromatic hydroxyl groups is 2. The van der Waals surface area contributed by atoms with Crippen LogP contribution in [0.5, 0.6) is 11.5 Å². The van der Waals surface area contributed by atoms with Crippen molar-refractivity contribution in [1.82, 2.24) is 0 Å². The van der Waals surface area contributed by atoms with Gasteiger partial charge in [-0.3, -0.25) is 0 Å². The standard InChI is InChI=1S/C14H14O4S/c1-9-3-4-13(5-10(9)2)19(17,18)14-7-11(15)6-12(16)8-14/h3-8,15-16H,1-2H3. The van der Waals surface area contributed by atoms with Gasteiger partial charge in [0.15, 0.2) is 0 Å². The number of hydrogen-bond acceptors (Lipinski definition) is 4. The second-order valence-electron chi connectivity index (χ2n) is 4.43. The topological polar surface area (TPSA) is 74.6 Å². The van der Waals surface area contributed by atoms with E-state index < -0.39 is 9.84 Å². The zero-order chi connectivity index (χ0) is 14.2. The molecule has 0 aliphatic heterocycles. The first kappa shape index (κ1) is 13.4. The predicted molar refractivity (Wildman–Crippen MR) is 71.1 cm³/mol. The lowest BCUT2D eigenvalue weighted by Crippen LogP contribution is -2.02. The molecule has 19 heavy (non-hydrogen) atoms. The lowest BCUT2D eigenvalue weighted by molar-refractivity contribution is 0.447. The average Bonchev–Trinajstić information content (AvgIpc) is 2.31. The molecular formula is C14H14O4S. The molecule has 0 unspecified atom stereocenters. The van der Waals surface area contributed by atoms with Gasteiger partial charge < -0.3 is 10.2 Å². The van der Waals surface area contributed by atoms with Crippen molar-refractivity contribution in [3.63, 3.8) is 0 Å². The van der Waals surface area contributed by atoms with Crippen LogP contribution in [0, 0.1) is 13.8 Å². The van der Waals surface area contributed by atoms with Crippen LogP contribution in [0.4, 0.5) is 0 Å². The summed E-state index contributed by atoms with van der Waals surface area (Å²) >= 11 is 0. The van der Waals surface area contributed by atoms with E-state index in [1.807, 2.05) is 13.8 Å². The summed E-state index contributed by atoms with van der Waals surface area (Å²) in [5.41, 5.74) is 1.86. The van der Waals surface area contributed by atoms with Crippen molar-refractivity contribution in [1.29, 1.82) is 0 Å². The zero-order valence-electron chi connectivity index (χ0n) is 10.6. The van der Waals surface area contributed by atoms with Crippen molar-refractivity contribution in [3.8, 4) is 11.5 Å². The molecule has 0 aliphatic carbocycles. The third-order valence-electron chi connectivity index (χ3n) is 2.98. The van der Waals surface area contributed by atoms with Crippen molar-refractivity contribution < 1.29 is 18.6 Å². The third kappa shape index (κ3) is 2.56. The number of hydrogen-bond donors (Lipinski definition) is 2. The average molecular weight is 278 g/mol. The molecule has 0 heterocycles. The number of phenolic OH excluding ortho intramolecular Hbond substituents is 2. The van der Waals surface area contributed by atoms with Gasteiger partial charge in [-0.1, -0.05) is 6.07 Å². The van der Waals surface area contributed by atoms with Crippen molar-refractivity contribution in [2.45, 2.75) is 23.6 Å². The highest BCUT2D eigenvalue weighted by Crippen LogP contribution is 2.28. The van der Waals surface area contributed by atoms with E-state index in [-0.39, 0.29) is 21.3 Å². The summed E-state index contributed by atoms with van der Waals surface area (Å²) in [6.45, 7) is 3.72. The lowest BCUT2D eigenvalue weighted by atomic mass is 10.1. The molecule has 4 nitrogen and oxygen atoms in total. The minimum Gasteiger partial charge on any atom is -0.508 e. The Morgan fingerprint density at radius 3 is 1.89 bits per heavy atom. The molecule has 0 saturated heterocycles. The minimum atomic E-state index is -3.74. The van der Waals surface area contributed by atoms with Crippen LogP contribution < -0.4 is 0 Å². The van der Waals surface area contributed by atoms with Crippen LogP contribution in [0.25, 0.3) is 0 Å². The summed E-state index contributed by atoms with van der Waals surface area (Å²) in [6, 6.07) is 8.13. The second kappa shape index (κ2) is 4.59. The van der Waals surface area contributed by atoms with Gasteiger partial charge in [0.25, 0.3) is 0 Å². The Morgan fingerprint density at radius 2 is 1.37 bits per heavy atom. The zero-order valence-corrected chi connectivity index (χ0v) is 11.4. The number of benzene rings is 2. The van der Waals surface area contributed by atoms with E-state index in [9.17, 15) is 18.6 Å². The fourth-order valence-corrected chi connectivity index (χ4v) is 3.14. The van der Waals surface area contributed by atoms with E-state index in [0.717, 1.165) is 29.3 Å². The quantitative estimate of drug-likeness (QED) is 0.885. The Balaban J connectivity index is 2.61. The van der Waals surface area contributed by atoms with Crippen molar-refractivity contribution in [2.75, 3.05) is 0 Å². The van der Waals surface area contributed by atoms with E-state index in [0.29, 0.717) is 0 Å². The van der Waals surface area contributed by atoms with E-state index in [4.69, 9.17) is 0 Å². The first-order valence-electron chi connectivity index (χ1n) is 5.66. The number of phenols is 2. The number of sulfone groups is 1. The molecule has 2 rings (SSSR count). The second-order valence-corrected chi connectivity index (χ2v) is 6.38. The summed E-state index contributed by atoms with van der Waals surface area (Å²) in [6.07, 6.45) is 0. The van der Waals surface area contributed by atoms with Gasteiger partial charge in [0.2, 0.25) is 9.84 Å². The van der Waals surface area contributed by atoms with Crippen LogP contribution in [-0.4, -0.2) is 18.6 Å².